The molecular formula is C25H25F3N2O5. The number of aliphatic hydroxyl groups excluding tert-OH is 1. The Hall–Kier alpha value is -3.40. The lowest BCUT2D eigenvalue weighted by Crippen LogP contribution is -2.47. The third-order valence-corrected chi connectivity index (χ3v) is 6.47. The molecule has 0 unspecified atom stereocenters. The highest BCUT2D eigenvalue weighted by molar-refractivity contribution is 6.24. The predicted octanol–water partition coefficient (Wildman–Crippen LogP) is 4.85. The topological polar surface area (TPSA) is 99.4 Å². The highest BCUT2D eigenvalue weighted by atomic mass is 19.4. The molecule has 1 heterocycles. The summed E-state index contributed by atoms with van der Waals surface area (Å²) in [6.45, 7) is 4.52. The minimum Gasteiger partial charge on any atom is -0.443 e. The Bertz CT molecular complexity index is 1190. The summed E-state index contributed by atoms with van der Waals surface area (Å²) in [6.07, 6.45) is -5.46. The van der Waals surface area contributed by atoms with Crippen LogP contribution in [0.25, 0.3) is 0 Å². The minimum absolute atomic E-state index is 0.0102. The molecule has 2 aromatic rings. The molecule has 0 saturated heterocycles. The van der Waals surface area contributed by atoms with Crippen LogP contribution in [0, 0.1) is 5.92 Å². The Kier molecular flexibility index (Phi) is 5.91. The van der Waals surface area contributed by atoms with Gasteiger partial charge in [0.15, 0.2) is 0 Å². The largest absolute Gasteiger partial charge is 0.443 e. The first kappa shape index (κ1) is 24.7. The van der Waals surface area contributed by atoms with Crippen molar-refractivity contribution < 1.29 is 37.8 Å². The predicted molar refractivity (Wildman–Crippen MR) is 120 cm³/mol. The molecule has 0 radical (unpaired) electrons. The molecule has 10 heteroatoms. The van der Waals surface area contributed by atoms with E-state index < -0.39 is 53.2 Å². The van der Waals surface area contributed by atoms with E-state index in [-0.39, 0.29) is 23.4 Å². The van der Waals surface area contributed by atoms with Crippen LogP contribution in [-0.2, 0) is 21.1 Å². The van der Waals surface area contributed by atoms with E-state index in [2.05, 4.69) is 5.16 Å². The van der Waals surface area contributed by atoms with Crippen LogP contribution in [0.1, 0.15) is 49.8 Å². The summed E-state index contributed by atoms with van der Waals surface area (Å²) >= 11 is 0. The Balaban J connectivity index is 1.92. The van der Waals surface area contributed by atoms with Crippen LogP contribution in [0.3, 0.4) is 0 Å². The first-order chi connectivity index (χ1) is 16.3. The Morgan fingerprint density at radius 3 is 2.31 bits per heavy atom. The number of hydrogen-bond acceptors (Lipinski definition) is 6. The van der Waals surface area contributed by atoms with Gasteiger partial charge in [-0.25, -0.2) is 9.69 Å². The fourth-order valence-electron chi connectivity index (χ4n) is 5.15. The smallest absolute Gasteiger partial charge is 0.421 e. The molecule has 1 aliphatic heterocycles. The number of aliphatic hydroxyl groups is 1. The van der Waals surface area contributed by atoms with Crippen molar-refractivity contribution in [2.45, 2.75) is 50.3 Å². The number of amides is 2. The summed E-state index contributed by atoms with van der Waals surface area (Å²) < 4.78 is 45.0. The Morgan fingerprint density at radius 1 is 1.14 bits per heavy atom. The van der Waals surface area contributed by atoms with E-state index in [1.54, 1.807) is 45.0 Å². The van der Waals surface area contributed by atoms with Gasteiger partial charge in [0, 0.05) is 11.8 Å². The lowest BCUT2D eigenvalue weighted by molar-refractivity contribution is -0.137. The molecule has 2 aromatic carbocycles. The summed E-state index contributed by atoms with van der Waals surface area (Å²) in [4.78, 5) is 28.1. The van der Waals surface area contributed by atoms with E-state index in [4.69, 9.17) is 4.74 Å². The molecule has 1 saturated carbocycles. The average Bonchev–Trinajstić information content (AvgIpc) is 3.25. The molecule has 2 amide bonds. The van der Waals surface area contributed by atoms with Crippen molar-refractivity contribution in [2.24, 2.45) is 11.1 Å². The van der Waals surface area contributed by atoms with Gasteiger partial charge in [-0.05, 0) is 56.5 Å². The van der Waals surface area contributed by atoms with E-state index in [0.717, 1.165) is 17.0 Å². The van der Waals surface area contributed by atoms with Crippen molar-refractivity contribution in [2.75, 3.05) is 11.5 Å². The molecule has 2 N–H and O–H groups in total. The van der Waals surface area contributed by atoms with E-state index in [1.165, 1.54) is 12.1 Å². The normalized spacial score (nSPS) is 25.4. The van der Waals surface area contributed by atoms with Gasteiger partial charge in [0.05, 0.1) is 29.0 Å². The molecule has 1 spiro atoms. The minimum atomic E-state index is -4.56. The molecule has 7 nitrogen and oxygen atoms in total. The zero-order chi connectivity index (χ0) is 25.8. The van der Waals surface area contributed by atoms with Crippen LogP contribution >= 0.6 is 0 Å². The molecule has 35 heavy (non-hydrogen) atoms. The maximum atomic E-state index is 14.1. The number of para-hydroxylation sites is 1. The first-order valence-corrected chi connectivity index (χ1v) is 11.0. The standard InChI is InChI=1S/C25H25F3N2O5/c1-23(2,3)35-22(33)30-18-7-5-4-6-17(18)24(21(30)32)12-15(13-31)20(29-34)19(24)14-8-10-16(11-9-14)25(26,27)28/h4-11,15,19,31,34H,12-13H2,1-3H3/b29-20+/t15-,19-,24+/m0/s1. The Labute approximate surface area is 199 Å². The van der Waals surface area contributed by atoms with Gasteiger partial charge in [-0.1, -0.05) is 35.5 Å². The molecule has 1 aliphatic carbocycles. The maximum Gasteiger partial charge on any atom is 0.421 e. The van der Waals surface area contributed by atoms with Gasteiger partial charge in [-0.2, -0.15) is 13.2 Å². The zero-order valence-corrected chi connectivity index (χ0v) is 19.3. The number of halogens is 3. The summed E-state index contributed by atoms with van der Waals surface area (Å²) in [5, 5.41) is 23.3. The number of imide groups is 1. The second kappa shape index (κ2) is 8.37. The molecule has 2 aliphatic rings. The highest BCUT2D eigenvalue weighted by Gasteiger charge is 2.64. The Morgan fingerprint density at radius 2 is 1.77 bits per heavy atom. The number of oxime groups is 1. The number of fused-ring (bicyclic) bond motifs is 2. The van der Waals surface area contributed by atoms with Gasteiger partial charge in [0.2, 0.25) is 5.91 Å². The van der Waals surface area contributed by atoms with E-state index >= 15 is 0 Å². The SMILES string of the molecule is CC(C)(C)OC(=O)N1C(=O)[C@]2(C[C@@H](CO)/C(=N\O)[C@@H]2c2ccc(C(F)(F)F)cc2)c2ccccc21. The van der Waals surface area contributed by atoms with E-state index in [9.17, 15) is 33.1 Å². The lowest BCUT2D eigenvalue weighted by atomic mass is 9.70. The van der Waals surface area contributed by atoms with Gasteiger partial charge in [0.1, 0.15) is 5.60 Å². The fraction of sp³-hybridized carbons (Fsp3) is 0.400. The van der Waals surface area contributed by atoms with E-state index in [0.29, 0.717) is 5.56 Å². The third kappa shape index (κ3) is 3.95. The monoisotopic (exact) mass is 490 g/mol. The highest BCUT2D eigenvalue weighted by Crippen LogP contribution is 2.58. The summed E-state index contributed by atoms with van der Waals surface area (Å²) in [5.41, 5.74) is -2.20. The molecule has 4 rings (SSSR count). The second-order valence-corrected chi connectivity index (χ2v) is 9.77. The molecule has 0 bridgehead atoms. The number of ether oxygens (including phenoxy) is 1. The van der Waals surface area contributed by atoms with Crippen molar-refractivity contribution in [3.8, 4) is 0 Å². The molecule has 186 valence electrons. The molecule has 0 aromatic heterocycles. The summed E-state index contributed by atoms with van der Waals surface area (Å²) in [7, 11) is 0. The lowest BCUT2D eigenvalue weighted by Gasteiger charge is -2.31. The maximum absolute atomic E-state index is 14.1. The third-order valence-electron chi connectivity index (χ3n) is 6.47. The number of hydrogen-bond donors (Lipinski definition) is 2. The quantitative estimate of drug-likeness (QED) is 0.463. The average molecular weight is 490 g/mol. The number of alkyl halides is 3. The van der Waals surface area contributed by atoms with Crippen LogP contribution in [0.5, 0.6) is 0 Å². The zero-order valence-electron chi connectivity index (χ0n) is 19.3. The molecule has 1 fully saturated rings. The number of carbonyl (C=O) groups excluding carboxylic acids is 2. The number of nitrogens with zero attached hydrogens (tertiary/aromatic N) is 2. The van der Waals surface area contributed by atoms with Crippen molar-refractivity contribution in [1.29, 1.82) is 0 Å². The van der Waals surface area contributed by atoms with E-state index in [1.807, 2.05) is 0 Å². The van der Waals surface area contributed by atoms with Gasteiger partial charge in [-0.15, -0.1) is 0 Å². The fourth-order valence-corrected chi connectivity index (χ4v) is 5.15. The second-order valence-electron chi connectivity index (χ2n) is 9.77. The molecular weight excluding hydrogens is 465 g/mol. The van der Waals surface area contributed by atoms with Gasteiger partial charge in [-0.3, -0.25) is 4.79 Å². The van der Waals surface area contributed by atoms with Crippen molar-refractivity contribution in [3.63, 3.8) is 0 Å². The van der Waals surface area contributed by atoms with Crippen LogP contribution in [-0.4, -0.2) is 40.2 Å². The van der Waals surface area contributed by atoms with Gasteiger partial charge >= 0.3 is 12.3 Å². The van der Waals surface area contributed by atoms with Gasteiger partial charge in [0.25, 0.3) is 0 Å². The van der Waals surface area contributed by atoms with Crippen LogP contribution in [0.2, 0.25) is 0 Å². The van der Waals surface area contributed by atoms with Crippen LogP contribution in [0.4, 0.5) is 23.7 Å². The van der Waals surface area contributed by atoms with Crippen molar-refractivity contribution in [1.82, 2.24) is 0 Å². The number of benzene rings is 2. The van der Waals surface area contributed by atoms with Crippen molar-refractivity contribution in [3.05, 3.63) is 65.2 Å². The molecule has 3 atom stereocenters. The number of rotatable bonds is 2. The number of anilines is 1. The summed E-state index contributed by atoms with van der Waals surface area (Å²) in [6, 6.07) is 10.8. The van der Waals surface area contributed by atoms with Crippen LogP contribution < -0.4 is 4.90 Å². The van der Waals surface area contributed by atoms with Crippen molar-refractivity contribution >= 4 is 23.4 Å². The number of carbonyl (C=O) groups is 2. The van der Waals surface area contributed by atoms with Gasteiger partial charge < -0.3 is 15.1 Å². The van der Waals surface area contributed by atoms with Crippen LogP contribution in [0.15, 0.2) is 53.7 Å². The first-order valence-electron chi connectivity index (χ1n) is 11.0. The summed E-state index contributed by atoms with van der Waals surface area (Å²) in [5.74, 6) is -2.44.